The predicted octanol–water partition coefficient (Wildman–Crippen LogP) is 3.86. The number of alkyl halides is 3. The van der Waals surface area contributed by atoms with Gasteiger partial charge in [0.25, 0.3) is 5.91 Å². The Morgan fingerprint density at radius 2 is 1.61 bits per heavy atom. The zero-order chi connectivity index (χ0) is 26.3. The number of rotatable bonds is 6. The number of ether oxygens (including phenoxy) is 2. The molecule has 2 fully saturated rings. The second-order valence-electron chi connectivity index (χ2n) is 8.89. The lowest BCUT2D eigenvalue weighted by Gasteiger charge is -2.41. The molecular formula is C24H23Cl3N2O6S. The van der Waals surface area contributed by atoms with Crippen LogP contribution in [-0.2, 0) is 30.2 Å². The summed E-state index contributed by atoms with van der Waals surface area (Å²) in [6.45, 7) is 2.71. The van der Waals surface area contributed by atoms with E-state index in [1.807, 2.05) is 60.7 Å². The van der Waals surface area contributed by atoms with E-state index in [0.29, 0.717) is 0 Å². The molecular weight excluding hydrogens is 551 g/mol. The van der Waals surface area contributed by atoms with Crippen LogP contribution in [-0.4, -0.2) is 60.0 Å². The van der Waals surface area contributed by atoms with Crippen LogP contribution in [0.5, 0.6) is 0 Å². The van der Waals surface area contributed by atoms with Gasteiger partial charge in [-0.05, 0) is 36.2 Å². The maximum absolute atomic E-state index is 13.5. The Morgan fingerprint density at radius 1 is 1.08 bits per heavy atom. The van der Waals surface area contributed by atoms with Crippen LogP contribution in [0.3, 0.4) is 0 Å². The van der Waals surface area contributed by atoms with Gasteiger partial charge in [0.1, 0.15) is 6.61 Å². The van der Waals surface area contributed by atoms with Gasteiger partial charge in [-0.25, -0.2) is 9.59 Å². The Kier molecular flexibility index (Phi) is 7.69. The van der Waals surface area contributed by atoms with E-state index in [2.05, 4.69) is 5.32 Å². The van der Waals surface area contributed by atoms with E-state index >= 15 is 0 Å². The molecule has 4 rings (SSSR count). The summed E-state index contributed by atoms with van der Waals surface area (Å²) in [7, 11) is 0. The highest BCUT2D eigenvalue weighted by Crippen LogP contribution is 2.47. The normalized spacial score (nSPS) is 24.6. The van der Waals surface area contributed by atoms with E-state index in [9.17, 15) is 18.9 Å². The first kappa shape index (κ1) is 26.9. The van der Waals surface area contributed by atoms with Gasteiger partial charge in [0.05, 0.1) is 0 Å². The van der Waals surface area contributed by atoms with Crippen LogP contribution < -0.4 is 5.32 Å². The van der Waals surface area contributed by atoms with Crippen molar-refractivity contribution in [2.24, 2.45) is 0 Å². The highest BCUT2D eigenvalue weighted by atomic mass is 35.6. The third-order valence-electron chi connectivity index (χ3n) is 6.06. The SMILES string of the molecule is CC1(C)[C@H](C(=O)OC(c2ccccc2)c2ccccc2)N2C(=O)[C@@H](NC(=O)OCC(Cl)(Cl)Cl)[C@@H]2[S+]1[O-]. The number of hydrogen-bond donors (Lipinski definition) is 1. The van der Waals surface area contributed by atoms with Crippen molar-refractivity contribution in [3.8, 4) is 0 Å². The van der Waals surface area contributed by atoms with E-state index < -0.39 is 67.9 Å². The fourth-order valence-corrected chi connectivity index (χ4v) is 6.43. The standard InChI is InChI=1S/C24H23Cl3N2O6S/c1-23(2)18(21(31)35-17(14-9-5-3-6-10-14)15-11-7-4-8-12-15)29-19(30)16(20(29)36(23)33)28-22(32)34-13-24(25,26)27/h3-12,16-18,20H,13H2,1-2H3,(H,28,32)/t16-,18+,20+,36?/m1/s1. The van der Waals surface area contributed by atoms with Crippen molar-refractivity contribution in [1.29, 1.82) is 0 Å². The summed E-state index contributed by atoms with van der Waals surface area (Å²) in [5, 5.41) is 1.42. The lowest BCUT2D eigenvalue weighted by molar-refractivity contribution is -0.166. The maximum atomic E-state index is 13.5. The fourth-order valence-electron chi connectivity index (χ4n) is 4.35. The van der Waals surface area contributed by atoms with Crippen molar-refractivity contribution >= 4 is 63.9 Å². The number of benzene rings is 2. The minimum atomic E-state index is -1.83. The van der Waals surface area contributed by atoms with Gasteiger partial charge in [0.15, 0.2) is 22.9 Å². The van der Waals surface area contributed by atoms with Gasteiger partial charge < -0.3 is 19.3 Å². The lowest BCUT2D eigenvalue weighted by atomic mass is 9.95. The van der Waals surface area contributed by atoms with Crippen molar-refractivity contribution in [1.82, 2.24) is 10.2 Å². The van der Waals surface area contributed by atoms with E-state index in [1.165, 1.54) is 4.90 Å². The average molecular weight is 574 g/mol. The molecule has 1 unspecified atom stereocenters. The van der Waals surface area contributed by atoms with Gasteiger partial charge in [-0.15, -0.1) is 0 Å². The third kappa shape index (κ3) is 5.26. The Balaban J connectivity index is 1.53. The second-order valence-corrected chi connectivity index (χ2v) is 13.5. The molecule has 0 radical (unpaired) electrons. The second kappa shape index (κ2) is 10.3. The van der Waals surface area contributed by atoms with Crippen molar-refractivity contribution < 1.29 is 28.4 Å². The van der Waals surface area contributed by atoms with Gasteiger partial charge in [-0.2, -0.15) is 0 Å². The number of fused-ring (bicyclic) bond motifs is 1. The fraction of sp³-hybridized carbons (Fsp3) is 0.375. The number of esters is 1. The van der Waals surface area contributed by atoms with Crippen LogP contribution in [0.4, 0.5) is 4.79 Å². The van der Waals surface area contributed by atoms with E-state index in [-0.39, 0.29) is 0 Å². The van der Waals surface area contributed by atoms with Crippen LogP contribution in [0.1, 0.15) is 31.1 Å². The minimum Gasteiger partial charge on any atom is -0.614 e. The number of carbonyl (C=O) groups excluding carboxylic acids is 3. The first-order chi connectivity index (χ1) is 16.9. The average Bonchev–Trinajstić information content (AvgIpc) is 3.03. The number of nitrogens with one attached hydrogen (secondary N) is 1. The summed E-state index contributed by atoms with van der Waals surface area (Å²) < 4.78 is 21.1. The summed E-state index contributed by atoms with van der Waals surface area (Å²) in [5.41, 5.74) is 1.49. The Hall–Kier alpha value is -2.17. The molecule has 2 heterocycles. The molecule has 0 spiro atoms. The molecule has 2 amide bonds. The van der Waals surface area contributed by atoms with Gasteiger partial charge in [0, 0.05) is 0 Å². The molecule has 192 valence electrons. The number of halogens is 3. The molecule has 0 aliphatic carbocycles. The Bertz CT molecular complexity index is 1090. The molecule has 2 aliphatic rings. The topological polar surface area (TPSA) is 108 Å². The van der Waals surface area contributed by atoms with E-state index in [0.717, 1.165) is 11.1 Å². The zero-order valence-corrected chi connectivity index (χ0v) is 22.3. The molecule has 12 heteroatoms. The molecule has 2 aromatic rings. The number of nitrogens with zero attached hydrogens (tertiary/aromatic N) is 1. The predicted molar refractivity (Wildman–Crippen MR) is 136 cm³/mol. The largest absolute Gasteiger partial charge is 0.614 e. The summed E-state index contributed by atoms with van der Waals surface area (Å²) in [6.07, 6.45) is -1.74. The number of carbonyl (C=O) groups is 3. The smallest absolute Gasteiger partial charge is 0.408 e. The number of β-lactam (4-membered cyclic amide) rings is 1. The third-order valence-corrected chi connectivity index (χ3v) is 8.58. The van der Waals surface area contributed by atoms with E-state index in [1.54, 1.807) is 13.8 Å². The summed E-state index contributed by atoms with van der Waals surface area (Å²) in [4.78, 5) is 39.8. The molecule has 2 aromatic carbocycles. The van der Waals surface area contributed by atoms with Crippen LogP contribution in [0.15, 0.2) is 60.7 Å². The maximum Gasteiger partial charge on any atom is 0.408 e. The van der Waals surface area contributed by atoms with Crippen molar-refractivity contribution in [3.05, 3.63) is 71.8 Å². The van der Waals surface area contributed by atoms with Gasteiger partial charge >= 0.3 is 12.1 Å². The molecule has 0 bridgehead atoms. The molecule has 1 N–H and O–H groups in total. The molecule has 36 heavy (non-hydrogen) atoms. The monoisotopic (exact) mass is 572 g/mol. The highest BCUT2D eigenvalue weighted by molar-refractivity contribution is 7.94. The lowest BCUT2D eigenvalue weighted by Crippen LogP contribution is -2.72. The van der Waals surface area contributed by atoms with E-state index in [4.69, 9.17) is 44.3 Å². The van der Waals surface area contributed by atoms with Crippen molar-refractivity contribution in [3.63, 3.8) is 0 Å². The van der Waals surface area contributed by atoms with Gasteiger partial charge in [0.2, 0.25) is 9.17 Å². The molecule has 0 aromatic heterocycles. The first-order valence-corrected chi connectivity index (χ1v) is 13.3. The number of amides is 2. The molecule has 0 saturated carbocycles. The molecule has 4 atom stereocenters. The number of alkyl carbamates (subject to hydrolysis) is 1. The highest BCUT2D eigenvalue weighted by Gasteiger charge is 2.73. The zero-order valence-electron chi connectivity index (χ0n) is 19.2. The summed E-state index contributed by atoms with van der Waals surface area (Å²) in [6, 6.07) is 16.1. The summed E-state index contributed by atoms with van der Waals surface area (Å²) in [5.74, 6) is -1.28. The van der Waals surface area contributed by atoms with Crippen LogP contribution in [0, 0.1) is 0 Å². The van der Waals surface area contributed by atoms with Crippen LogP contribution in [0.2, 0.25) is 0 Å². The molecule has 2 aliphatic heterocycles. The molecule has 2 saturated heterocycles. The van der Waals surface area contributed by atoms with Crippen molar-refractivity contribution in [2.75, 3.05) is 6.61 Å². The van der Waals surface area contributed by atoms with Crippen molar-refractivity contribution in [2.45, 2.75) is 45.9 Å². The van der Waals surface area contributed by atoms with Crippen LogP contribution >= 0.6 is 34.8 Å². The number of hydrogen-bond acceptors (Lipinski definition) is 6. The van der Waals surface area contributed by atoms with Gasteiger partial charge in [-0.3, -0.25) is 9.69 Å². The molecule has 8 nitrogen and oxygen atoms in total. The summed E-state index contributed by atoms with van der Waals surface area (Å²) >= 11 is 15.0. The van der Waals surface area contributed by atoms with Crippen LogP contribution in [0.25, 0.3) is 0 Å². The minimum absolute atomic E-state index is 0.539. The first-order valence-electron chi connectivity index (χ1n) is 10.9. The Morgan fingerprint density at radius 3 is 2.11 bits per heavy atom. The van der Waals surface area contributed by atoms with Gasteiger partial charge in [-0.1, -0.05) is 95.5 Å². The quantitative estimate of drug-likeness (QED) is 0.243. The Labute approximate surface area is 226 Å².